The Kier molecular flexibility index (Phi) is 6.21. The molecule has 0 aliphatic rings. The maximum Gasteiger partial charge on any atom is 0.323 e. The van der Waals surface area contributed by atoms with E-state index in [1.165, 1.54) is 11.3 Å². The van der Waals surface area contributed by atoms with Gasteiger partial charge in [0.1, 0.15) is 5.54 Å². The molecule has 21 heavy (non-hydrogen) atoms. The highest BCUT2D eigenvalue weighted by atomic mass is 16.4. The third kappa shape index (κ3) is 5.38. The first-order valence-electron chi connectivity index (χ1n) is 7.53. The number of aliphatic carboxylic acids is 1. The van der Waals surface area contributed by atoms with Gasteiger partial charge in [-0.25, -0.2) is 0 Å². The summed E-state index contributed by atoms with van der Waals surface area (Å²) in [6, 6.07) is 8.49. The summed E-state index contributed by atoms with van der Waals surface area (Å²) in [5.74, 6) is -0.783. The van der Waals surface area contributed by atoms with Crippen LogP contribution in [0.4, 0.5) is 5.69 Å². The zero-order valence-corrected chi connectivity index (χ0v) is 13.8. The summed E-state index contributed by atoms with van der Waals surface area (Å²) in [4.78, 5) is 13.6. The Morgan fingerprint density at radius 2 is 2.10 bits per heavy atom. The van der Waals surface area contributed by atoms with Crippen LogP contribution in [0.3, 0.4) is 0 Å². The predicted molar refractivity (Wildman–Crippen MR) is 88.0 cm³/mol. The van der Waals surface area contributed by atoms with Crippen LogP contribution in [-0.2, 0) is 4.79 Å². The summed E-state index contributed by atoms with van der Waals surface area (Å²) < 4.78 is 0. The van der Waals surface area contributed by atoms with Gasteiger partial charge in [-0.15, -0.1) is 0 Å². The van der Waals surface area contributed by atoms with Crippen LogP contribution in [0.1, 0.15) is 39.2 Å². The van der Waals surface area contributed by atoms with Gasteiger partial charge >= 0.3 is 5.97 Å². The Labute approximate surface area is 128 Å². The number of carbonyl (C=O) groups is 1. The quantitative estimate of drug-likeness (QED) is 0.773. The molecular weight excluding hydrogens is 264 g/mol. The second-order valence-corrected chi connectivity index (χ2v) is 6.30. The van der Waals surface area contributed by atoms with Crippen molar-refractivity contribution in [3.8, 4) is 0 Å². The fourth-order valence-corrected chi connectivity index (χ4v) is 2.54. The molecule has 0 fully saturated rings. The van der Waals surface area contributed by atoms with Crippen LogP contribution in [0.2, 0.25) is 0 Å². The number of hydrogen-bond donors (Lipinski definition) is 2. The molecule has 0 saturated heterocycles. The molecule has 118 valence electrons. The van der Waals surface area contributed by atoms with E-state index in [9.17, 15) is 9.90 Å². The van der Waals surface area contributed by atoms with Crippen molar-refractivity contribution in [2.75, 3.05) is 18.5 Å². The SMILES string of the molecule is Cc1cccc(N(C)CCCC(C)(NC(C)C)C(=O)O)c1. The Morgan fingerprint density at radius 3 is 2.62 bits per heavy atom. The van der Waals surface area contributed by atoms with Gasteiger partial charge < -0.3 is 10.0 Å². The van der Waals surface area contributed by atoms with Gasteiger partial charge in [0.2, 0.25) is 0 Å². The van der Waals surface area contributed by atoms with Gasteiger partial charge in [-0.05, 0) is 58.2 Å². The molecule has 0 heterocycles. The molecule has 1 rings (SSSR count). The fraction of sp³-hybridized carbons (Fsp3) is 0.588. The largest absolute Gasteiger partial charge is 0.480 e. The molecule has 1 unspecified atom stereocenters. The van der Waals surface area contributed by atoms with Crippen LogP contribution in [0, 0.1) is 6.92 Å². The van der Waals surface area contributed by atoms with Crippen molar-refractivity contribution < 1.29 is 9.90 Å². The number of nitrogens with zero attached hydrogens (tertiary/aromatic N) is 1. The molecular formula is C17H28N2O2. The number of aryl methyl sites for hydroxylation is 1. The van der Waals surface area contributed by atoms with E-state index in [-0.39, 0.29) is 6.04 Å². The van der Waals surface area contributed by atoms with Gasteiger partial charge in [0, 0.05) is 25.3 Å². The van der Waals surface area contributed by atoms with Crippen LogP contribution in [-0.4, -0.2) is 36.2 Å². The predicted octanol–water partition coefficient (Wildman–Crippen LogP) is 3.05. The molecule has 0 spiro atoms. The summed E-state index contributed by atoms with van der Waals surface area (Å²) in [7, 11) is 2.04. The third-order valence-corrected chi connectivity index (χ3v) is 3.69. The lowest BCUT2D eigenvalue weighted by Crippen LogP contribution is -2.52. The van der Waals surface area contributed by atoms with E-state index < -0.39 is 11.5 Å². The smallest absolute Gasteiger partial charge is 0.323 e. The van der Waals surface area contributed by atoms with Gasteiger partial charge in [-0.1, -0.05) is 12.1 Å². The third-order valence-electron chi connectivity index (χ3n) is 3.69. The number of nitrogens with one attached hydrogen (secondary N) is 1. The first-order chi connectivity index (χ1) is 9.74. The second-order valence-electron chi connectivity index (χ2n) is 6.30. The molecule has 1 aromatic carbocycles. The van der Waals surface area contributed by atoms with Crippen molar-refractivity contribution in [1.29, 1.82) is 0 Å². The monoisotopic (exact) mass is 292 g/mol. The molecule has 0 aliphatic carbocycles. The first-order valence-corrected chi connectivity index (χ1v) is 7.53. The van der Waals surface area contributed by atoms with E-state index in [4.69, 9.17) is 0 Å². The van der Waals surface area contributed by atoms with Gasteiger partial charge in [0.15, 0.2) is 0 Å². The summed E-state index contributed by atoms with van der Waals surface area (Å²) in [6.07, 6.45) is 1.43. The second kappa shape index (κ2) is 7.46. The van der Waals surface area contributed by atoms with E-state index in [0.29, 0.717) is 6.42 Å². The Bertz CT molecular complexity index is 474. The Morgan fingerprint density at radius 1 is 1.43 bits per heavy atom. The van der Waals surface area contributed by atoms with Crippen LogP contribution in [0.15, 0.2) is 24.3 Å². The topological polar surface area (TPSA) is 52.6 Å². The molecule has 0 bridgehead atoms. The average Bonchev–Trinajstić information content (AvgIpc) is 2.37. The molecule has 0 amide bonds. The highest BCUT2D eigenvalue weighted by Gasteiger charge is 2.32. The molecule has 0 radical (unpaired) electrons. The van der Waals surface area contributed by atoms with Crippen LogP contribution >= 0.6 is 0 Å². The van der Waals surface area contributed by atoms with Gasteiger partial charge in [-0.3, -0.25) is 10.1 Å². The lowest BCUT2D eigenvalue weighted by atomic mass is 9.94. The van der Waals surface area contributed by atoms with Crippen LogP contribution in [0.5, 0.6) is 0 Å². The lowest BCUT2D eigenvalue weighted by molar-refractivity contribution is -0.144. The van der Waals surface area contributed by atoms with E-state index in [1.54, 1.807) is 6.92 Å². The molecule has 0 aliphatic heterocycles. The molecule has 1 aromatic rings. The van der Waals surface area contributed by atoms with E-state index in [1.807, 2.05) is 27.0 Å². The standard InChI is InChI=1S/C17H28N2O2/c1-13(2)18-17(4,16(20)21)10-7-11-19(5)15-9-6-8-14(3)12-15/h6,8-9,12-13,18H,7,10-11H2,1-5H3,(H,20,21). The van der Waals surface area contributed by atoms with Crippen molar-refractivity contribution >= 4 is 11.7 Å². The van der Waals surface area contributed by atoms with E-state index in [2.05, 4.69) is 35.3 Å². The van der Waals surface area contributed by atoms with Gasteiger partial charge in [0.25, 0.3) is 0 Å². The van der Waals surface area contributed by atoms with Crippen LogP contribution in [0.25, 0.3) is 0 Å². The average molecular weight is 292 g/mol. The summed E-state index contributed by atoms with van der Waals surface area (Å²) >= 11 is 0. The summed E-state index contributed by atoms with van der Waals surface area (Å²) in [5.41, 5.74) is 1.54. The number of carboxylic acid groups (broad SMARTS) is 1. The van der Waals surface area contributed by atoms with Gasteiger partial charge in [0.05, 0.1) is 0 Å². The van der Waals surface area contributed by atoms with Crippen molar-refractivity contribution in [3.63, 3.8) is 0 Å². The molecule has 0 saturated carbocycles. The molecule has 4 heteroatoms. The maximum atomic E-state index is 11.5. The molecule has 0 aromatic heterocycles. The molecule has 2 N–H and O–H groups in total. The molecule has 1 atom stereocenters. The number of hydrogen-bond acceptors (Lipinski definition) is 3. The van der Waals surface area contributed by atoms with Crippen molar-refractivity contribution in [3.05, 3.63) is 29.8 Å². The molecule has 4 nitrogen and oxygen atoms in total. The van der Waals surface area contributed by atoms with Crippen LogP contribution < -0.4 is 10.2 Å². The maximum absolute atomic E-state index is 11.5. The highest BCUT2D eigenvalue weighted by Crippen LogP contribution is 2.18. The Hall–Kier alpha value is -1.55. The van der Waals surface area contributed by atoms with E-state index >= 15 is 0 Å². The van der Waals surface area contributed by atoms with Crippen molar-refractivity contribution in [2.45, 2.75) is 52.1 Å². The minimum absolute atomic E-state index is 0.153. The number of benzene rings is 1. The number of rotatable bonds is 8. The number of anilines is 1. The fourth-order valence-electron chi connectivity index (χ4n) is 2.54. The zero-order valence-electron chi connectivity index (χ0n) is 13.8. The van der Waals surface area contributed by atoms with Crippen molar-refractivity contribution in [2.24, 2.45) is 0 Å². The van der Waals surface area contributed by atoms with Gasteiger partial charge in [-0.2, -0.15) is 0 Å². The minimum Gasteiger partial charge on any atom is -0.480 e. The van der Waals surface area contributed by atoms with Crippen molar-refractivity contribution in [1.82, 2.24) is 5.32 Å². The highest BCUT2D eigenvalue weighted by molar-refractivity contribution is 5.78. The normalized spacial score (nSPS) is 14.0. The first kappa shape index (κ1) is 17.5. The summed E-state index contributed by atoms with van der Waals surface area (Å²) in [6.45, 7) is 8.62. The van der Waals surface area contributed by atoms with E-state index in [0.717, 1.165) is 13.0 Å². The Balaban J connectivity index is 2.56. The number of carboxylic acids is 1. The summed E-state index contributed by atoms with van der Waals surface area (Å²) in [5, 5.41) is 12.6. The minimum atomic E-state index is -0.860. The lowest BCUT2D eigenvalue weighted by Gasteiger charge is -2.30. The zero-order chi connectivity index (χ0) is 16.0.